The Balaban J connectivity index is 1.47. The number of aromatic amines is 1. The molecule has 0 saturated heterocycles. The maximum absolute atomic E-state index is 13.5. The van der Waals surface area contributed by atoms with Crippen molar-refractivity contribution in [2.75, 3.05) is 5.32 Å². The first-order valence-electron chi connectivity index (χ1n) is 10.4. The summed E-state index contributed by atoms with van der Waals surface area (Å²) in [6, 6.07) is 15.3. The fourth-order valence-corrected chi connectivity index (χ4v) is 3.64. The third-order valence-electron chi connectivity index (χ3n) is 5.61. The van der Waals surface area contributed by atoms with Crippen LogP contribution in [-0.2, 0) is 16.8 Å². The molecule has 0 bridgehead atoms. The highest BCUT2D eigenvalue weighted by molar-refractivity contribution is 5.98. The summed E-state index contributed by atoms with van der Waals surface area (Å²) >= 11 is 0. The molecule has 0 unspecified atom stereocenters. The highest BCUT2D eigenvalue weighted by atomic mass is 19.1. The van der Waals surface area contributed by atoms with Gasteiger partial charge in [-0.05, 0) is 43.2 Å². The van der Waals surface area contributed by atoms with E-state index in [9.17, 15) is 9.18 Å². The highest BCUT2D eigenvalue weighted by Crippen LogP contribution is 2.31. The van der Waals surface area contributed by atoms with Crippen molar-refractivity contribution >= 4 is 22.5 Å². The van der Waals surface area contributed by atoms with Crippen molar-refractivity contribution in [2.45, 2.75) is 38.7 Å². The second-order valence-corrected chi connectivity index (χ2v) is 7.43. The molecule has 0 fully saturated rings. The third-order valence-corrected chi connectivity index (χ3v) is 5.61. The number of nitrogens with one attached hydrogen (secondary N) is 2. The molecule has 0 atom stereocenters. The molecule has 8 nitrogen and oxygen atoms in total. The van der Waals surface area contributed by atoms with Gasteiger partial charge in [0.05, 0.1) is 11.2 Å². The molecule has 2 aromatic carbocycles. The monoisotopic (exact) mass is 434 g/mol. The van der Waals surface area contributed by atoms with Gasteiger partial charge in [0.15, 0.2) is 5.82 Å². The molecular formula is C23H23FN6O2. The number of tetrazole rings is 1. The van der Waals surface area contributed by atoms with Crippen LogP contribution in [0.1, 0.15) is 38.2 Å². The lowest BCUT2D eigenvalue weighted by Gasteiger charge is -2.26. The molecule has 9 heteroatoms. The quantitative estimate of drug-likeness (QED) is 0.431. The van der Waals surface area contributed by atoms with Gasteiger partial charge in [-0.1, -0.05) is 31.2 Å². The number of fused-ring (bicyclic) bond motifs is 1. The van der Waals surface area contributed by atoms with E-state index >= 15 is 0 Å². The molecule has 0 aliphatic heterocycles. The average Bonchev–Trinajstić information content (AvgIpc) is 3.34. The summed E-state index contributed by atoms with van der Waals surface area (Å²) in [5, 5.41) is 17.9. The van der Waals surface area contributed by atoms with Crippen molar-refractivity contribution in [1.82, 2.24) is 25.6 Å². The van der Waals surface area contributed by atoms with E-state index in [-0.39, 0.29) is 18.3 Å². The number of aromatic nitrogens is 5. The Morgan fingerprint density at radius 2 is 1.94 bits per heavy atom. The van der Waals surface area contributed by atoms with Crippen molar-refractivity contribution < 1.29 is 13.9 Å². The number of hydrogen-bond donors (Lipinski definition) is 2. The Kier molecular flexibility index (Phi) is 6.07. The minimum atomic E-state index is -0.881. The molecule has 0 spiro atoms. The standard InChI is InChI=1S/C23H23FN6O2/c1-3-23(4-2,21-27-29-30-28-21)22(31)26-17-6-5-7-19(13-17)32-14-18-11-9-15-8-10-16(24)12-20(15)25-18/h5-13H,3-4,14H2,1-2H3,(H,26,31)(H,27,28,29,30). The van der Waals surface area contributed by atoms with Gasteiger partial charge in [-0.2, -0.15) is 5.21 Å². The molecule has 0 saturated carbocycles. The smallest absolute Gasteiger partial charge is 0.238 e. The van der Waals surface area contributed by atoms with E-state index in [1.165, 1.54) is 12.1 Å². The van der Waals surface area contributed by atoms with Crippen LogP contribution in [0.2, 0.25) is 0 Å². The first-order valence-corrected chi connectivity index (χ1v) is 10.4. The number of halogens is 1. The molecule has 0 aliphatic rings. The minimum absolute atomic E-state index is 0.209. The SMILES string of the molecule is CCC(CC)(C(=O)Nc1cccc(OCc2ccc3ccc(F)cc3n2)c1)c1nn[nH]n1. The van der Waals surface area contributed by atoms with Crippen LogP contribution in [0.25, 0.3) is 10.9 Å². The van der Waals surface area contributed by atoms with E-state index in [0.717, 1.165) is 5.39 Å². The number of benzene rings is 2. The minimum Gasteiger partial charge on any atom is -0.487 e. The zero-order valence-corrected chi connectivity index (χ0v) is 17.8. The van der Waals surface area contributed by atoms with Crippen LogP contribution in [0.15, 0.2) is 54.6 Å². The number of H-pyrrole nitrogens is 1. The maximum atomic E-state index is 13.5. The first kappa shape index (κ1) is 21.4. The number of rotatable bonds is 8. The second kappa shape index (κ2) is 9.09. The third kappa shape index (κ3) is 4.27. The van der Waals surface area contributed by atoms with Crippen molar-refractivity contribution in [1.29, 1.82) is 0 Å². The first-order chi connectivity index (χ1) is 15.5. The van der Waals surface area contributed by atoms with Crippen LogP contribution >= 0.6 is 0 Å². The summed E-state index contributed by atoms with van der Waals surface area (Å²) in [6.45, 7) is 4.05. The summed E-state index contributed by atoms with van der Waals surface area (Å²) in [7, 11) is 0. The number of hydrogen-bond acceptors (Lipinski definition) is 6. The zero-order chi connectivity index (χ0) is 22.6. The number of pyridine rings is 1. The van der Waals surface area contributed by atoms with Crippen LogP contribution in [0.5, 0.6) is 5.75 Å². The molecule has 164 valence electrons. The van der Waals surface area contributed by atoms with Crippen LogP contribution in [0, 0.1) is 5.82 Å². The molecule has 32 heavy (non-hydrogen) atoms. The fourth-order valence-electron chi connectivity index (χ4n) is 3.64. The van der Waals surface area contributed by atoms with E-state index in [1.54, 1.807) is 30.3 Å². The number of carbonyl (C=O) groups excluding carboxylic acids is 1. The molecule has 0 aliphatic carbocycles. The summed E-state index contributed by atoms with van der Waals surface area (Å²) in [5.74, 6) is 0.398. The van der Waals surface area contributed by atoms with E-state index in [4.69, 9.17) is 4.74 Å². The maximum Gasteiger partial charge on any atom is 0.238 e. The molecule has 4 aromatic rings. The highest BCUT2D eigenvalue weighted by Gasteiger charge is 2.41. The molecule has 2 aromatic heterocycles. The molecule has 4 rings (SSSR count). The van der Waals surface area contributed by atoms with Crippen molar-refractivity contribution in [3.05, 3.63) is 71.9 Å². The summed E-state index contributed by atoms with van der Waals surface area (Å²) < 4.78 is 19.3. The summed E-state index contributed by atoms with van der Waals surface area (Å²) in [4.78, 5) is 17.6. The average molecular weight is 434 g/mol. The molecule has 0 radical (unpaired) electrons. The van der Waals surface area contributed by atoms with Gasteiger partial charge in [0, 0.05) is 23.2 Å². The Morgan fingerprint density at radius 3 is 2.69 bits per heavy atom. The summed E-state index contributed by atoms with van der Waals surface area (Å²) in [5.41, 5.74) is 0.958. The lowest BCUT2D eigenvalue weighted by Crippen LogP contribution is -2.40. The Bertz CT molecular complexity index is 1220. The van der Waals surface area contributed by atoms with Gasteiger partial charge in [0.25, 0.3) is 0 Å². The number of ether oxygens (including phenoxy) is 1. The van der Waals surface area contributed by atoms with E-state index in [2.05, 4.69) is 30.9 Å². The number of carbonyl (C=O) groups is 1. The normalized spacial score (nSPS) is 11.5. The Hall–Kier alpha value is -3.88. The topological polar surface area (TPSA) is 106 Å². The van der Waals surface area contributed by atoms with Gasteiger partial charge in [-0.15, -0.1) is 10.2 Å². The van der Waals surface area contributed by atoms with Gasteiger partial charge in [0.2, 0.25) is 5.91 Å². The number of nitrogens with zero attached hydrogens (tertiary/aromatic N) is 4. The summed E-state index contributed by atoms with van der Waals surface area (Å²) in [6.07, 6.45) is 1.05. The zero-order valence-electron chi connectivity index (χ0n) is 17.8. The second-order valence-electron chi connectivity index (χ2n) is 7.43. The predicted octanol–water partition coefficient (Wildman–Crippen LogP) is 4.16. The van der Waals surface area contributed by atoms with E-state index in [0.29, 0.717) is 41.3 Å². The Morgan fingerprint density at radius 1 is 1.12 bits per heavy atom. The largest absolute Gasteiger partial charge is 0.487 e. The van der Waals surface area contributed by atoms with Crippen molar-refractivity contribution in [3.8, 4) is 5.75 Å². The van der Waals surface area contributed by atoms with Crippen LogP contribution < -0.4 is 10.1 Å². The van der Waals surface area contributed by atoms with E-state index in [1.807, 2.05) is 26.0 Å². The lowest BCUT2D eigenvalue weighted by molar-refractivity contribution is -0.122. The predicted molar refractivity (Wildman–Crippen MR) is 118 cm³/mol. The van der Waals surface area contributed by atoms with Crippen molar-refractivity contribution in [2.24, 2.45) is 0 Å². The van der Waals surface area contributed by atoms with Gasteiger partial charge >= 0.3 is 0 Å². The van der Waals surface area contributed by atoms with Gasteiger partial charge in [-0.3, -0.25) is 4.79 Å². The van der Waals surface area contributed by atoms with Gasteiger partial charge < -0.3 is 10.1 Å². The fraction of sp³-hybridized carbons (Fsp3) is 0.261. The molecule has 2 N–H and O–H groups in total. The molecular weight excluding hydrogens is 411 g/mol. The molecule has 1 amide bonds. The number of amides is 1. The van der Waals surface area contributed by atoms with Crippen LogP contribution in [0.4, 0.5) is 10.1 Å². The van der Waals surface area contributed by atoms with E-state index < -0.39 is 5.41 Å². The lowest BCUT2D eigenvalue weighted by atomic mass is 9.80. The van der Waals surface area contributed by atoms with Crippen molar-refractivity contribution in [3.63, 3.8) is 0 Å². The number of anilines is 1. The van der Waals surface area contributed by atoms with Crippen LogP contribution in [0.3, 0.4) is 0 Å². The van der Waals surface area contributed by atoms with Gasteiger partial charge in [0.1, 0.15) is 23.6 Å². The van der Waals surface area contributed by atoms with Crippen LogP contribution in [-0.4, -0.2) is 31.5 Å². The Labute approximate surface area is 184 Å². The molecule has 2 heterocycles. The van der Waals surface area contributed by atoms with Gasteiger partial charge in [-0.25, -0.2) is 9.37 Å².